The summed E-state index contributed by atoms with van der Waals surface area (Å²) in [6.45, 7) is 1.95. The van der Waals surface area contributed by atoms with Crippen LogP contribution in [-0.2, 0) is 24.7 Å². The Balaban J connectivity index is 1.32. The summed E-state index contributed by atoms with van der Waals surface area (Å²) in [5.74, 6) is -1.46. The number of aromatic nitrogens is 3. The minimum atomic E-state index is -0.846. The quantitative estimate of drug-likeness (QED) is 0.132. The predicted octanol–water partition coefficient (Wildman–Crippen LogP) is 5.42. The van der Waals surface area contributed by atoms with E-state index in [-0.39, 0.29) is 24.0 Å². The van der Waals surface area contributed by atoms with Crippen LogP contribution in [0.2, 0.25) is 0 Å². The van der Waals surface area contributed by atoms with E-state index in [4.69, 9.17) is 5.11 Å². The van der Waals surface area contributed by atoms with E-state index in [1.807, 2.05) is 19.1 Å². The highest BCUT2D eigenvalue weighted by atomic mass is 16.4. The van der Waals surface area contributed by atoms with Gasteiger partial charge in [-0.1, -0.05) is 43.3 Å². The molecule has 0 aliphatic heterocycles. The molecule has 0 unspecified atom stereocenters. The van der Waals surface area contributed by atoms with Gasteiger partial charge in [-0.25, -0.2) is 0 Å². The van der Waals surface area contributed by atoms with Gasteiger partial charge in [0.15, 0.2) is 11.7 Å². The molecule has 10 heteroatoms. The number of nitrogens with zero attached hydrogens (tertiary/aromatic N) is 3. The maximum absolute atomic E-state index is 13.4. The minimum absolute atomic E-state index is 0.0598. The topological polar surface area (TPSA) is 150 Å². The van der Waals surface area contributed by atoms with Crippen LogP contribution in [-0.4, -0.2) is 48.9 Å². The highest BCUT2D eigenvalue weighted by Gasteiger charge is 2.17. The highest BCUT2D eigenvalue weighted by molar-refractivity contribution is 6.13. The van der Waals surface area contributed by atoms with Crippen LogP contribution < -0.4 is 5.32 Å². The number of rotatable bonds is 10. The first kappa shape index (κ1) is 28.0. The van der Waals surface area contributed by atoms with E-state index < -0.39 is 5.97 Å². The van der Waals surface area contributed by atoms with Gasteiger partial charge < -0.3 is 20.5 Å². The van der Waals surface area contributed by atoms with Crippen LogP contribution >= 0.6 is 0 Å². The smallest absolute Gasteiger partial charge is 0.303 e. The molecule has 10 nitrogen and oxygen atoms in total. The number of aliphatic imine (C=N–C) groups is 1. The number of hydrogen-bond donors (Lipinski definition) is 4. The average molecular weight is 564 g/mol. The Morgan fingerprint density at radius 2 is 1.81 bits per heavy atom. The zero-order valence-electron chi connectivity index (χ0n) is 23.1. The third kappa shape index (κ3) is 5.97. The lowest BCUT2D eigenvalue weighted by Gasteiger charge is -2.08. The third-order valence-corrected chi connectivity index (χ3v) is 7.01. The zero-order valence-corrected chi connectivity index (χ0v) is 23.1. The summed E-state index contributed by atoms with van der Waals surface area (Å²) in [6, 6.07) is 19.0. The van der Waals surface area contributed by atoms with Gasteiger partial charge in [0.2, 0.25) is 0 Å². The Kier molecular flexibility index (Phi) is 7.96. The lowest BCUT2D eigenvalue weighted by Crippen LogP contribution is -2.14. The van der Waals surface area contributed by atoms with Gasteiger partial charge in [0.1, 0.15) is 0 Å². The van der Waals surface area contributed by atoms with Crippen molar-refractivity contribution in [2.24, 2.45) is 12.0 Å². The lowest BCUT2D eigenvalue weighted by atomic mass is 10.0. The molecule has 0 aliphatic carbocycles. The number of hydrogen-bond acceptors (Lipinski definition) is 6. The standard InChI is InChI=1S/C32H29N5O5/c1-3-28-26(18-34-37(28)2)32(42)35-23-6-4-5-20(15-23)30(40)21-10-13-24-25(31(41)36-27(24)16-21)17-33-22-11-7-19(8-12-22)9-14-29(38)39/h4-8,10-13,15-18,36,41H,3,9,14H2,1-2H3,(H,35,42)(H,38,39). The number of carboxylic acids is 1. The molecular weight excluding hydrogens is 534 g/mol. The maximum Gasteiger partial charge on any atom is 0.303 e. The van der Waals surface area contributed by atoms with E-state index >= 15 is 0 Å². The number of aryl methyl sites for hydroxylation is 2. The molecule has 2 heterocycles. The molecule has 4 N–H and O–H groups in total. The van der Waals surface area contributed by atoms with Crippen molar-refractivity contribution < 1.29 is 24.6 Å². The summed E-state index contributed by atoms with van der Waals surface area (Å²) >= 11 is 0. The largest absolute Gasteiger partial charge is 0.494 e. The van der Waals surface area contributed by atoms with E-state index in [1.165, 1.54) is 6.20 Å². The fraction of sp³-hybridized carbons (Fsp3) is 0.156. The monoisotopic (exact) mass is 563 g/mol. The third-order valence-electron chi connectivity index (χ3n) is 7.01. The minimum Gasteiger partial charge on any atom is -0.494 e. The number of aromatic amines is 1. The number of aromatic hydroxyl groups is 1. The molecule has 5 rings (SSSR count). The molecule has 0 bridgehead atoms. The summed E-state index contributed by atoms with van der Waals surface area (Å²) in [7, 11) is 1.79. The van der Waals surface area contributed by atoms with E-state index in [0.29, 0.717) is 57.4 Å². The molecule has 0 aliphatic rings. The van der Waals surface area contributed by atoms with Gasteiger partial charge >= 0.3 is 5.97 Å². The second-order valence-electron chi connectivity index (χ2n) is 9.81. The number of anilines is 1. The van der Waals surface area contributed by atoms with Crippen molar-refractivity contribution in [2.75, 3.05) is 5.32 Å². The number of ketones is 1. The molecule has 0 spiro atoms. The van der Waals surface area contributed by atoms with Gasteiger partial charge in [-0.05, 0) is 48.7 Å². The van der Waals surface area contributed by atoms with Crippen LogP contribution in [0.25, 0.3) is 10.9 Å². The summed E-state index contributed by atoms with van der Waals surface area (Å²) in [4.78, 5) is 44.3. The molecule has 1 amide bonds. The van der Waals surface area contributed by atoms with Crippen molar-refractivity contribution in [3.63, 3.8) is 0 Å². The number of benzene rings is 3. The molecule has 42 heavy (non-hydrogen) atoms. The van der Waals surface area contributed by atoms with E-state index in [2.05, 4.69) is 20.4 Å². The van der Waals surface area contributed by atoms with Crippen molar-refractivity contribution in [3.8, 4) is 5.88 Å². The number of carbonyl (C=O) groups excluding carboxylic acids is 2. The normalized spacial score (nSPS) is 11.3. The van der Waals surface area contributed by atoms with E-state index in [0.717, 1.165) is 11.3 Å². The van der Waals surface area contributed by atoms with Crippen molar-refractivity contribution in [1.82, 2.24) is 14.8 Å². The fourth-order valence-electron chi connectivity index (χ4n) is 4.79. The van der Waals surface area contributed by atoms with Crippen LogP contribution in [0.1, 0.15) is 56.4 Å². The molecule has 0 atom stereocenters. The van der Waals surface area contributed by atoms with Gasteiger partial charge in [0.05, 0.1) is 28.7 Å². The summed E-state index contributed by atoms with van der Waals surface area (Å²) in [5.41, 5.74) is 5.20. The Bertz CT molecular complexity index is 1830. The first-order valence-corrected chi connectivity index (χ1v) is 13.4. The molecular formula is C32H29N5O5. The maximum atomic E-state index is 13.4. The molecule has 2 aromatic heterocycles. The number of aliphatic carboxylic acids is 1. The van der Waals surface area contributed by atoms with Gasteiger partial charge in [0, 0.05) is 47.4 Å². The Morgan fingerprint density at radius 1 is 1.05 bits per heavy atom. The number of amides is 1. The Labute approximate surface area is 241 Å². The van der Waals surface area contributed by atoms with Gasteiger partial charge in [-0.2, -0.15) is 5.10 Å². The lowest BCUT2D eigenvalue weighted by molar-refractivity contribution is -0.136. The van der Waals surface area contributed by atoms with Crippen LogP contribution in [0, 0.1) is 0 Å². The van der Waals surface area contributed by atoms with E-state index in [1.54, 1.807) is 72.5 Å². The number of fused-ring (bicyclic) bond motifs is 1. The first-order chi connectivity index (χ1) is 20.2. The fourth-order valence-corrected chi connectivity index (χ4v) is 4.79. The molecule has 3 aromatic carbocycles. The van der Waals surface area contributed by atoms with Crippen LogP contribution in [0.15, 0.2) is 77.9 Å². The predicted molar refractivity (Wildman–Crippen MR) is 160 cm³/mol. The van der Waals surface area contributed by atoms with Gasteiger partial charge in [0.25, 0.3) is 5.91 Å². The van der Waals surface area contributed by atoms with Crippen molar-refractivity contribution in [2.45, 2.75) is 26.2 Å². The van der Waals surface area contributed by atoms with E-state index in [9.17, 15) is 19.5 Å². The second-order valence-corrected chi connectivity index (χ2v) is 9.81. The SMILES string of the molecule is CCc1c(C(=O)Nc2cccc(C(=O)c3ccc4c(C=Nc5ccc(CCC(=O)O)cc5)c(O)[nH]c4c3)c2)cnn1C. The number of carbonyl (C=O) groups is 3. The van der Waals surface area contributed by atoms with Crippen LogP contribution in [0.5, 0.6) is 5.88 Å². The summed E-state index contributed by atoms with van der Waals surface area (Å²) in [6.07, 6.45) is 4.23. The second kappa shape index (κ2) is 11.9. The van der Waals surface area contributed by atoms with Crippen LogP contribution in [0.3, 0.4) is 0 Å². The van der Waals surface area contributed by atoms with Crippen LogP contribution in [0.4, 0.5) is 11.4 Å². The molecule has 0 radical (unpaired) electrons. The van der Waals surface area contributed by atoms with Gasteiger partial charge in [-0.3, -0.25) is 24.1 Å². The molecule has 212 valence electrons. The summed E-state index contributed by atoms with van der Waals surface area (Å²) < 4.78 is 1.67. The highest BCUT2D eigenvalue weighted by Crippen LogP contribution is 2.28. The zero-order chi connectivity index (χ0) is 29.8. The molecule has 0 saturated carbocycles. The first-order valence-electron chi connectivity index (χ1n) is 13.4. The molecule has 0 fully saturated rings. The van der Waals surface area contributed by atoms with Gasteiger partial charge in [-0.15, -0.1) is 0 Å². The Morgan fingerprint density at radius 3 is 2.55 bits per heavy atom. The number of nitrogens with one attached hydrogen (secondary N) is 2. The molecule has 5 aromatic rings. The van der Waals surface area contributed by atoms with Crippen molar-refractivity contribution >= 4 is 46.2 Å². The number of H-pyrrole nitrogens is 1. The van der Waals surface area contributed by atoms with Crippen molar-refractivity contribution in [3.05, 3.63) is 106 Å². The summed E-state index contributed by atoms with van der Waals surface area (Å²) in [5, 5.41) is 27.1. The average Bonchev–Trinajstić information content (AvgIpc) is 3.52. The molecule has 0 saturated heterocycles. The number of carboxylic acid groups (broad SMARTS) is 1. The van der Waals surface area contributed by atoms with Crippen molar-refractivity contribution in [1.29, 1.82) is 0 Å². The Hall–Kier alpha value is -5.51.